The fourth-order valence-electron chi connectivity index (χ4n) is 2.23. The van der Waals surface area contributed by atoms with E-state index in [2.05, 4.69) is 5.32 Å². The van der Waals surface area contributed by atoms with Crippen LogP contribution in [0.4, 0.5) is 8.78 Å². The predicted molar refractivity (Wildman–Crippen MR) is 40.7 cm³/mol. The van der Waals surface area contributed by atoms with Gasteiger partial charge in [0, 0.05) is 18.9 Å². The molecule has 1 aliphatic carbocycles. The maximum Gasteiger partial charge on any atom is 0.323 e. The largest absolute Gasteiger partial charge is 0.480 e. The first-order chi connectivity index (χ1) is 5.96. The minimum Gasteiger partial charge on any atom is -0.480 e. The van der Waals surface area contributed by atoms with E-state index in [-0.39, 0.29) is 25.8 Å². The lowest BCUT2D eigenvalue weighted by molar-refractivity contribution is -0.149. The van der Waals surface area contributed by atoms with Crippen LogP contribution in [0.1, 0.15) is 19.3 Å². The molecule has 0 amide bonds. The zero-order valence-corrected chi connectivity index (χ0v) is 7.02. The van der Waals surface area contributed by atoms with Gasteiger partial charge in [-0.25, -0.2) is 8.78 Å². The molecule has 1 aliphatic heterocycles. The number of carboxylic acids is 1. The lowest BCUT2D eigenvalue weighted by Gasteiger charge is -2.33. The van der Waals surface area contributed by atoms with E-state index in [4.69, 9.17) is 5.11 Å². The number of hydrogen-bond donors (Lipinski definition) is 2. The van der Waals surface area contributed by atoms with Gasteiger partial charge in [-0.3, -0.25) is 4.79 Å². The molecule has 0 radical (unpaired) electrons. The molecule has 1 saturated carbocycles. The molecule has 3 nitrogen and oxygen atoms in total. The molecule has 2 atom stereocenters. The molecule has 5 heteroatoms. The van der Waals surface area contributed by atoms with Crippen molar-refractivity contribution in [2.75, 3.05) is 6.54 Å². The van der Waals surface area contributed by atoms with E-state index in [0.29, 0.717) is 0 Å². The van der Waals surface area contributed by atoms with Crippen LogP contribution in [-0.4, -0.2) is 29.1 Å². The van der Waals surface area contributed by atoms with Gasteiger partial charge in [0.1, 0.15) is 5.54 Å². The third-order valence-corrected chi connectivity index (χ3v) is 3.17. The molecular weight excluding hydrogens is 180 g/mol. The van der Waals surface area contributed by atoms with Crippen molar-refractivity contribution in [3.05, 3.63) is 0 Å². The number of nitrogens with one attached hydrogen (secondary N) is 1. The summed E-state index contributed by atoms with van der Waals surface area (Å²) in [6.45, 7) is 0.124. The first-order valence-electron chi connectivity index (χ1n) is 4.33. The van der Waals surface area contributed by atoms with Crippen molar-refractivity contribution in [3.8, 4) is 0 Å². The van der Waals surface area contributed by atoms with Crippen LogP contribution < -0.4 is 5.32 Å². The summed E-state index contributed by atoms with van der Waals surface area (Å²) >= 11 is 0. The highest BCUT2D eigenvalue weighted by molar-refractivity contribution is 5.79. The molecule has 0 aromatic carbocycles. The van der Waals surface area contributed by atoms with Crippen LogP contribution >= 0.6 is 0 Å². The molecule has 2 rings (SSSR count). The SMILES string of the molecule is O=C(O)[C@@]12CCC(F)(F)[C@@H](CN1)C2. The van der Waals surface area contributed by atoms with Gasteiger partial charge in [0.25, 0.3) is 5.92 Å². The van der Waals surface area contributed by atoms with Crippen molar-refractivity contribution in [2.45, 2.75) is 30.7 Å². The average Bonchev–Trinajstić information content (AvgIpc) is 2.42. The van der Waals surface area contributed by atoms with Gasteiger partial charge in [0.15, 0.2) is 0 Å². The third-order valence-electron chi connectivity index (χ3n) is 3.17. The van der Waals surface area contributed by atoms with Gasteiger partial charge in [-0.05, 0) is 12.8 Å². The highest BCUT2D eigenvalue weighted by atomic mass is 19.3. The molecule has 0 unspecified atom stereocenters. The highest BCUT2D eigenvalue weighted by Crippen LogP contribution is 2.46. The van der Waals surface area contributed by atoms with Crippen LogP contribution in [0, 0.1) is 5.92 Å². The molecule has 2 aliphatic rings. The number of carbonyl (C=O) groups is 1. The Morgan fingerprint density at radius 3 is 2.77 bits per heavy atom. The smallest absolute Gasteiger partial charge is 0.323 e. The van der Waals surface area contributed by atoms with Gasteiger partial charge < -0.3 is 10.4 Å². The van der Waals surface area contributed by atoms with E-state index in [9.17, 15) is 13.6 Å². The van der Waals surface area contributed by atoms with Gasteiger partial charge in [-0.15, -0.1) is 0 Å². The van der Waals surface area contributed by atoms with Crippen LogP contribution in [0.3, 0.4) is 0 Å². The Bertz CT molecular complexity index is 257. The second-order valence-electron chi connectivity index (χ2n) is 3.93. The minimum atomic E-state index is -2.68. The monoisotopic (exact) mass is 191 g/mol. The topological polar surface area (TPSA) is 49.3 Å². The van der Waals surface area contributed by atoms with E-state index in [0.717, 1.165) is 0 Å². The summed E-state index contributed by atoms with van der Waals surface area (Å²) in [5, 5.41) is 11.6. The molecular formula is C8H11F2NO2. The number of rotatable bonds is 1. The minimum absolute atomic E-state index is 0.0336. The van der Waals surface area contributed by atoms with Crippen molar-refractivity contribution in [1.82, 2.24) is 5.32 Å². The molecule has 2 bridgehead atoms. The maximum absolute atomic E-state index is 13.1. The standard InChI is InChI=1S/C8H11F2NO2/c9-8(10)2-1-7(6(12)13)3-5(8)4-11-7/h5,11H,1-4H2,(H,12,13)/t5-,7+/m1/s1. The summed E-state index contributed by atoms with van der Waals surface area (Å²) in [7, 11) is 0. The summed E-state index contributed by atoms with van der Waals surface area (Å²) in [5.41, 5.74) is -1.06. The summed E-state index contributed by atoms with van der Waals surface area (Å²) in [5.74, 6) is -4.47. The lowest BCUT2D eigenvalue weighted by atomic mass is 9.78. The quantitative estimate of drug-likeness (QED) is 0.646. The van der Waals surface area contributed by atoms with E-state index in [1.54, 1.807) is 0 Å². The van der Waals surface area contributed by atoms with E-state index in [1.807, 2.05) is 0 Å². The Hall–Kier alpha value is -0.710. The van der Waals surface area contributed by atoms with E-state index < -0.39 is 23.3 Å². The number of fused-ring (bicyclic) bond motifs is 2. The normalized spacial score (nSPS) is 41.8. The number of halogens is 2. The fourth-order valence-corrected chi connectivity index (χ4v) is 2.23. The Balaban J connectivity index is 2.22. The molecule has 13 heavy (non-hydrogen) atoms. The first-order valence-corrected chi connectivity index (χ1v) is 4.33. The van der Waals surface area contributed by atoms with Gasteiger partial charge in [0.05, 0.1) is 0 Å². The predicted octanol–water partition coefficient (Wildman–Crippen LogP) is 0.848. The zero-order valence-electron chi connectivity index (χ0n) is 7.02. The second-order valence-corrected chi connectivity index (χ2v) is 3.93. The van der Waals surface area contributed by atoms with Crippen molar-refractivity contribution >= 4 is 5.97 Å². The van der Waals surface area contributed by atoms with Gasteiger partial charge in [-0.1, -0.05) is 0 Å². The van der Waals surface area contributed by atoms with Crippen molar-refractivity contribution in [1.29, 1.82) is 0 Å². The molecule has 0 aromatic rings. The molecule has 0 spiro atoms. The van der Waals surface area contributed by atoms with Gasteiger partial charge in [0.2, 0.25) is 0 Å². The average molecular weight is 191 g/mol. The van der Waals surface area contributed by atoms with Crippen LogP contribution in [0.5, 0.6) is 0 Å². The Kier molecular flexibility index (Phi) is 1.64. The molecule has 74 valence electrons. The third kappa shape index (κ3) is 1.14. The Labute approximate surface area is 74.1 Å². The van der Waals surface area contributed by atoms with Crippen molar-refractivity contribution < 1.29 is 18.7 Å². The summed E-state index contributed by atoms with van der Waals surface area (Å²) in [6, 6.07) is 0. The molecule has 2 fully saturated rings. The maximum atomic E-state index is 13.1. The van der Waals surface area contributed by atoms with E-state index in [1.165, 1.54) is 0 Å². The number of hydrogen-bond acceptors (Lipinski definition) is 2. The number of aliphatic carboxylic acids is 1. The molecule has 2 N–H and O–H groups in total. The summed E-state index contributed by atoms with van der Waals surface area (Å²) in [6.07, 6.45) is -0.210. The zero-order chi connectivity index (χ0) is 9.69. The molecule has 0 aromatic heterocycles. The van der Waals surface area contributed by atoms with Crippen LogP contribution in [0.25, 0.3) is 0 Å². The Morgan fingerprint density at radius 1 is 1.46 bits per heavy atom. The van der Waals surface area contributed by atoms with Gasteiger partial charge in [-0.2, -0.15) is 0 Å². The Morgan fingerprint density at radius 2 is 2.15 bits per heavy atom. The molecule has 1 heterocycles. The van der Waals surface area contributed by atoms with Crippen molar-refractivity contribution in [3.63, 3.8) is 0 Å². The number of alkyl halides is 2. The fraction of sp³-hybridized carbons (Fsp3) is 0.875. The molecule has 1 saturated heterocycles. The van der Waals surface area contributed by atoms with E-state index >= 15 is 0 Å². The van der Waals surface area contributed by atoms with Crippen LogP contribution in [0.2, 0.25) is 0 Å². The van der Waals surface area contributed by atoms with Crippen molar-refractivity contribution in [2.24, 2.45) is 5.92 Å². The lowest BCUT2D eigenvalue weighted by Crippen LogP contribution is -2.49. The summed E-state index contributed by atoms with van der Waals surface area (Å²) < 4.78 is 26.2. The second kappa shape index (κ2) is 2.41. The highest BCUT2D eigenvalue weighted by Gasteiger charge is 2.58. The number of carboxylic acid groups (broad SMARTS) is 1. The first kappa shape index (κ1) is 8.87. The van der Waals surface area contributed by atoms with Crippen LogP contribution in [-0.2, 0) is 4.79 Å². The van der Waals surface area contributed by atoms with Gasteiger partial charge >= 0.3 is 5.97 Å². The van der Waals surface area contributed by atoms with Crippen LogP contribution in [0.15, 0.2) is 0 Å². The summed E-state index contributed by atoms with van der Waals surface area (Å²) in [4.78, 5) is 10.8.